The Morgan fingerprint density at radius 3 is 2.68 bits per heavy atom. The first kappa shape index (κ1) is 15.0. The van der Waals surface area contributed by atoms with Crippen molar-refractivity contribution in [2.45, 2.75) is 25.9 Å². The van der Waals surface area contributed by atoms with Gasteiger partial charge in [-0.15, -0.1) is 0 Å². The third-order valence-electron chi connectivity index (χ3n) is 5.02. The number of piperidine rings is 1. The highest BCUT2D eigenvalue weighted by Gasteiger charge is 2.59. The van der Waals surface area contributed by atoms with E-state index in [0.29, 0.717) is 25.3 Å². The van der Waals surface area contributed by atoms with Crippen molar-refractivity contribution < 1.29 is 19.4 Å². The van der Waals surface area contributed by atoms with Crippen LogP contribution in [0.4, 0.5) is 0 Å². The van der Waals surface area contributed by atoms with Gasteiger partial charge in [0.05, 0.1) is 12.5 Å². The van der Waals surface area contributed by atoms with Crippen molar-refractivity contribution in [2.75, 3.05) is 20.2 Å². The normalized spacial score (nSPS) is 22.6. The number of carboxylic acids is 1. The Balaban J connectivity index is 1.63. The van der Waals surface area contributed by atoms with Gasteiger partial charge in [0, 0.05) is 25.8 Å². The number of nitrogens with zero attached hydrogens (tertiary/aromatic N) is 1. The molecule has 1 N–H and O–H groups in total. The van der Waals surface area contributed by atoms with Crippen LogP contribution >= 0.6 is 0 Å². The van der Waals surface area contributed by atoms with Gasteiger partial charge in [0.15, 0.2) is 0 Å². The fourth-order valence-electron chi connectivity index (χ4n) is 3.55. The summed E-state index contributed by atoms with van der Waals surface area (Å²) < 4.78 is 5.10. The van der Waals surface area contributed by atoms with E-state index in [4.69, 9.17) is 9.84 Å². The van der Waals surface area contributed by atoms with Gasteiger partial charge in [-0.25, -0.2) is 0 Å². The van der Waals surface area contributed by atoms with Crippen LogP contribution in [0.2, 0.25) is 0 Å². The molecule has 1 atom stereocenters. The number of ether oxygens (including phenoxy) is 1. The summed E-state index contributed by atoms with van der Waals surface area (Å²) in [5, 5.41) is 9.11. The minimum absolute atomic E-state index is 0.0281. The van der Waals surface area contributed by atoms with Gasteiger partial charge < -0.3 is 14.7 Å². The van der Waals surface area contributed by atoms with E-state index in [9.17, 15) is 9.59 Å². The number of amides is 1. The minimum Gasteiger partial charge on any atom is -0.481 e. The molecule has 1 heterocycles. The number of benzene rings is 1. The Morgan fingerprint density at radius 1 is 1.36 bits per heavy atom. The second-order valence-electron chi connectivity index (χ2n) is 6.38. The Morgan fingerprint density at radius 2 is 2.09 bits per heavy atom. The molecule has 0 bridgehead atoms. The average Bonchev–Trinajstić information content (AvgIpc) is 3.22. The molecule has 3 rings (SSSR count). The maximum atomic E-state index is 12.6. The minimum atomic E-state index is -0.688. The summed E-state index contributed by atoms with van der Waals surface area (Å²) in [6.45, 7) is 1.79. The van der Waals surface area contributed by atoms with E-state index in [2.05, 4.69) is 0 Å². The molecule has 1 aromatic carbocycles. The number of aliphatic carboxylic acids is 1. The molecule has 1 aromatic rings. The second-order valence-corrected chi connectivity index (χ2v) is 6.38. The van der Waals surface area contributed by atoms with Gasteiger partial charge in [0.2, 0.25) is 0 Å². The van der Waals surface area contributed by atoms with Crippen LogP contribution < -0.4 is 0 Å². The Hall–Kier alpha value is -1.88. The van der Waals surface area contributed by atoms with E-state index in [1.807, 2.05) is 29.2 Å². The maximum Gasteiger partial charge on any atom is 0.307 e. The molecule has 1 saturated carbocycles. The largest absolute Gasteiger partial charge is 0.481 e. The molecule has 1 spiro atoms. The lowest BCUT2D eigenvalue weighted by atomic mass is 9.90. The molecule has 1 saturated heterocycles. The van der Waals surface area contributed by atoms with Crippen molar-refractivity contribution in [3.8, 4) is 0 Å². The Labute approximate surface area is 129 Å². The fourth-order valence-corrected chi connectivity index (χ4v) is 3.55. The van der Waals surface area contributed by atoms with Crippen LogP contribution in [0, 0.1) is 11.3 Å². The third-order valence-corrected chi connectivity index (χ3v) is 5.02. The maximum absolute atomic E-state index is 12.6. The molecular formula is C17H21NO4. The lowest BCUT2D eigenvalue weighted by molar-refractivity contribution is -0.139. The SMILES string of the molecule is COCc1cccc(C(=O)N2CCC3(CC2)C[C@H]3C(=O)O)c1. The zero-order chi connectivity index (χ0) is 15.7. The van der Waals surface area contributed by atoms with Gasteiger partial charge in [0.1, 0.15) is 0 Å². The first-order valence-electron chi connectivity index (χ1n) is 7.66. The van der Waals surface area contributed by atoms with Crippen molar-refractivity contribution in [1.29, 1.82) is 0 Å². The van der Waals surface area contributed by atoms with E-state index in [0.717, 1.165) is 24.8 Å². The smallest absolute Gasteiger partial charge is 0.307 e. The third kappa shape index (κ3) is 2.73. The standard InChI is InChI=1S/C17H21NO4/c1-22-11-12-3-2-4-13(9-12)15(19)18-7-5-17(6-8-18)10-14(17)16(20)21/h2-4,9,14H,5-8,10-11H2,1H3,(H,20,21)/t14-/m0/s1. The topological polar surface area (TPSA) is 66.8 Å². The molecule has 0 unspecified atom stereocenters. The van der Waals surface area contributed by atoms with Crippen LogP contribution in [0.15, 0.2) is 24.3 Å². The number of carbonyl (C=O) groups excluding carboxylic acids is 1. The molecule has 22 heavy (non-hydrogen) atoms. The van der Waals surface area contributed by atoms with Crippen LogP contribution in [-0.4, -0.2) is 42.1 Å². The van der Waals surface area contributed by atoms with Gasteiger partial charge in [-0.05, 0) is 42.4 Å². The van der Waals surface area contributed by atoms with Gasteiger partial charge in [-0.3, -0.25) is 9.59 Å². The van der Waals surface area contributed by atoms with Crippen LogP contribution in [0.1, 0.15) is 35.2 Å². The summed E-state index contributed by atoms with van der Waals surface area (Å²) in [5.74, 6) is -0.859. The lowest BCUT2D eigenvalue weighted by Crippen LogP contribution is -2.40. The highest BCUT2D eigenvalue weighted by molar-refractivity contribution is 5.94. The number of hydrogen-bond acceptors (Lipinski definition) is 3. The van der Waals surface area contributed by atoms with Gasteiger partial charge in [-0.1, -0.05) is 12.1 Å². The van der Waals surface area contributed by atoms with Crippen LogP contribution in [0.3, 0.4) is 0 Å². The first-order valence-corrected chi connectivity index (χ1v) is 7.66. The molecule has 1 aliphatic heterocycles. The molecule has 0 aromatic heterocycles. The number of carboxylic acid groups (broad SMARTS) is 1. The van der Waals surface area contributed by atoms with Crippen LogP contribution in [0.25, 0.3) is 0 Å². The molecule has 1 aliphatic carbocycles. The number of likely N-dealkylation sites (tertiary alicyclic amines) is 1. The van der Waals surface area contributed by atoms with Gasteiger partial charge in [0.25, 0.3) is 5.91 Å². The summed E-state index contributed by atoms with van der Waals surface area (Å²) in [6, 6.07) is 7.50. The quantitative estimate of drug-likeness (QED) is 0.925. The van der Waals surface area contributed by atoms with Crippen molar-refractivity contribution in [1.82, 2.24) is 4.90 Å². The summed E-state index contributed by atoms with van der Waals surface area (Å²) in [5.41, 5.74) is 1.62. The molecule has 118 valence electrons. The monoisotopic (exact) mass is 303 g/mol. The lowest BCUT2D eigenvalue weighted by Gasteiger charge is -2.32. The van der Waals surface area contributed by atoms with Crippen molar-refractivity contribution in [3.63, 3.8) is 0 Å². The predicted octanol–water partition coefficient (Wildman–Crippen LogP) is 2.16. The van der Waals surface area contributed by atoms with Gasteiger partial charge in [-0.2, -0.15) is 0 Å². The van der Waals surface area contributed by atoms with E-state index in [1.165, 1.54) is 0 Å². The summed E-state index contributed by atoms with van der Waals surface area (Å²) >= 11 is 0. The molecule has 0 radical (unpaired) electrons. The van der Waals surface area contributed by atoms with Gasteiger partial charge >= 0.3 is 5.97 Å². The zero-order valence-corrected chi connectivity index (χ0v) is 12.7. The number of methoxy groups -OCH3 is 1. The van der Waals surface area contributed by atoms with E-state index < -0.39 is 5.97 Å². The molecular weight excluding hydrogens is 282 g/mol. The number of carbonyl (C=O) groups is 2. The van der Waals surface area contributed by atoms with Crippen LogP contribution in [0.5, 0.6) is 0 Å². The van der Waals surface area contributed by atoms with Crippen molar-refractivity contribution in [3.05, 3.63) is 35.4 Å². The highest BCUT2D eigenvalue weighted by atomic mass is 16.5. The first-order chi connectivity index (χ1) is 10.6. The predicted molar refractivity (Wildman–Crippen MR) is 80.5 cm³/mol. The molecule has 2 fully saturated rings. The van der Waals surface area contributed by atoms with Crippen LogP contribution in [-0.2, 0) is 16.1 Å². The molecule has 5 heteroatoms. The van der Waals surface area contributed by atoms with Crippen molar-refractivity contribution >= 4 is 11.9 Å². The molecule has 1 amide bonds. The molecule has 2 aliphatic rings. The van der Waals surface area contributed by atoms with E-state index >= 15 is 0 Å². The Kier molecular flexibility index (Phi) is 3.91. The fraction of sp³-hybridized carbons (Fsp3) is 0.529. The summed E-state index contributed by atoms with van der Waals surface area (Å²) in [6.07, 6.45) is 2.37. The number of hydrogen-bond donors (Lipinski definition) is 1. The number of rotatable bonds is 4. The molecule has 5 nitrogen and oxygen atoms in total. The highest BCUT2D eigenvalue weighted by Crippen LogP contribution is 2.59. The second kappa shape index (κ2) is 5.72. The van der Waals surface area contributed by atoms with E-state index in [-0.39, 0.29) is 17.2 Å². The average molecular weight is 303 g/mol. The zero-order valence-electron chi connectivity index (χ0n) is 12.7. The Bertz CT molecular complexity index is 590. The summed E-state index contributed by atoms with van der Waals surface area (Å²) in [4.78, 5) is 25.5. The van der Waals surface area contributed by atoms with E-state index in [1.54, 1.807) is 7.11 Å². The van der Waals surface area contributed by atoms with Crippen molar-refractivity contribution in [2.24, 2.45) is 11.3 Å². The summed E-state index contributed by atoms with van der Waals surface area (Å²) in [7, 11) is 1.63.